The predicted molar refractivity (Wildman–Crippen MR) is 80.3 cm³/mol. The van der Waals surface area contributed by atoms with Crippen LogP contribution in [-0.2, 0) is 20.9 Å². The second-order valence-electron chi connectivity index (χ2n) is 4.90. The number of rotatable bonds is 6. The van der Waals surface area contributed by atoms with Crippen LogP contribution in [0.1, 0.15) is 5.56 Å². The minimum Gasteiger partial charge on any atom is -0.480 e. The highest BCUT2D eigenvalue weighted by atomic mass is 16.4. The third-order valence-electron chi connectivity index (χ3n) is 3.23. The summed E-state index contributed by atoms with van der Waals surface area (Å²) in [7, 11) is 0. The standard InChI is InChI=1S/C15H17N3O4/c1-10-3-2-4-12-11(10)5-6-18(12)9-14(20)16-7-13(19)17-8-15(21)22/h2-6H,7-9H2,1H3,(H,16,20)(H,17,19)(H,21,22). The van der Waals surface area contributed by atoms with Gasteiger partial charge in [0.15, 0.2) is 0 Å². The lowest BCUT2D eigenvalue weighted by atomic mass is 10.1. The second kappa shape index (κ2) is 6.75. The minimum atomic E-state index is -1.13. The summed E-state index contributed by atoms with van der Waals surface area (Å²) in [5.41, 5.74) is 2.08. The van der Waals surface area contributed by atoms with E-state index in [-0.39, 0.29) is 19.0 Å². The highest BCUT2D eigenvalue weighted by Gasteiger charge is 2.09. The van der Waals surface area contributed by atoms with Gasteiger partial charge in [0, 0.05) is 17.1 Å². The summed E-state index contributed by atoms with van der Waals surface area (Å²) in [6, 6.07) is 7.79. The topological polar surface area (TPSA) is 100 Å². The molecule has 2 rings (SSSR count). The Kier molecular flexibility index (Phi) is 4.77. The number of aromatic nitrogens is 1. The van der Waals surface area contributed by atoms with Gasteiger partial charge in [0.05, 0.1) is 6.54 Å². The zero-order valence-electron chi connectivity index (χ0n) is 12.1. The van der Waals surface area contributed by atoms with E-state index in [4.69, 9.17) is 5.11 Å². The van der Waals surface area contributed by atoms with E-state index in [0.717, 1.165) is 16.5 Å². The third kappa shape index (κ3) is 3.85. The van der Waals surface area contributed by atoms with Crippen molar-refractivity contribution in [3.63, 3.8) is 0 Å². The SMILES string of the molecule is Cc1cccc2c1ccn2CC(=O)NCC(=O)NCC(=O)O. The maximum atomic E-state index is 11.9. The molecule has 0 fully saturated rings. The molecule has 0 unspecified atom stereocenters. The number of carbonyl (C=O) groups is 3. The van der Waals surface area contributed by atoms with Gasteiger partial charge < -0.3 is 20.3 Å². The van der Waals surface area contributed by atoms with Crippen LogP contribution in [0.15, 0.2) is 30.5 Å². The number of hydrogen-bond donors (Lipinski definition) is 3. The van der Waals surface area contributed by atoms with E-state index in [9.17, 15) is 14.4 Å². The van der Waals surface area contributed by atoms with Crippen LogP contribution < -0.4 is 10.6 Å². The van der Waals surface area contributed by atoms with Crippen LogP contribution in [0.3, 0.4) is 0 Å². The molecular formula is C15H17N3O4. The molecule has 22 heavy (non-hydrogen) atoms. The summed E-state index contributed by atoms with van der Waals surface area (Å²) in [6.45, 7) is 1.39. The predicted octanol–water partition coefficient (Wildman–Crippen LogP) is 0.267. The molecule has 0 saturated carbocycles. The second-order valence-corrected chi connectivity index (χ2v) is 4.90. The fourth-order valence-electron chi connectivity index (χ4n) is 2.14. The van der Waals surface area contributed by atoms with Gasteiger partial charge in [-0.1, -0.05) is 12.1 Å². The number of nitrogens with zero attached hydrogens (tertiary/aromatic N) is 1. The molecule has 1 heterocycles. The Labute approximate surface area is 126 Å². The first-order valence-corrected chi connectivity index (χ1v) is 6.77. The Balaban J connectivity index is 1.90. The number of carbonyl (C=O) groups excluding carboxylic acids is 2. The lowest BCUT2D eigenvalue weighted by molar-refractivity contribution is -0.137. The van der Waals surface area contributed by atoms with Gasteiger partial charge in [-0.15, -0.1) is 0 Å². The molecule has 0 aliphatic rings. The lowest BCUT2D eigenvalue weighted by Crippen LogP contribution is -2.40. The minimum absolute atomic E-state index is 0.0964. The van der Waals surface area contributed by atoms with Gasteiger partial charge in [-0.2, -0.15) is 0 Å². The van der Waals surface area contributed by atoms with Crippen molar-refractivity contribution in [2.45, 2.75) is 13.5 Å². The number of benzene rings is 1. The van der Waals surface area contributed by atoms with Crippen LogP contribution in [0, 0.1) is 6.92 Å². The fourth-order valence-corrected chi connectivity index (χ4v) is 2.14. The number of aryl methyl sites for hydroxylation is 1. The number of nitrogens with one attached hydrogen (secondary N) is 2. The molecule has 0 bridgehead atoms. The Bertz CT molecular complexity index is 721. The van der Waals surface area contributed by atoms with Gasteiger partial charge in [-0.05, 0) is 24.6 Å². The quantitative estimate of drug-likeness (QED) is 0.713. The molecule has 2 amide bonds. The molecule has 116 valence electrons. The lowest BCUT2D eigenvalue weighted by Gasteiger charge is -2.08. The van der Waals surface area contributed by atoms with Crippen LogP contribution in [0.25, 0.3) is 10.9 Å². The van der Waals surface area contributed by atoms with Gasteiger partial charge in [-0.3, -0.25) is 14.4 Å². The van der Waals surface area contributed by atoms with Crippen LogP contribution in [0.4, 0.5) is 0 Å². The van der Waals surface area contributed by atoms with E-state index in [0.29, 0.717) is 0 Å². The first-order chi connectivity index (χ1) is 10.5. The first-order valence-electron chi connectivity index (χ1n) is 6.77. The highest BCUT2D eigenvalue weighted by molar-refractivity contribution is 5.88. The normalized spacial score (nSPS) is 10.4. The van der Waals surface area contributed by atoms with E-state index in [2.05, 4.69) is 10.6 Å². The zero-order chi connectivity index (χ0) is 16.1. The van der Waals surface area contributed by atoms with E-state index in [1.165, 1.54) is 0 Å². The molecule has 0 spiro atoms. The van der Waals surface area contributed by atoms with Gasteiger partial charge in [0.1, 0.15) is 13.1 Å². The third-order valence-corrected chi connectivity index (χ3v) is 3.23. The molecule has 0 radical (unpaired) electrons. The Morgan fingerprint density at radius 3 is 2.55 bits per heavy atom. The summed E-state index contributed by atoms with van der Waals surface area (Å²) in [5.74, 6) is -1.98. The maximum Gasteiger partial charge on any atom is 0.322 e. The number of fused-ring (bicyclic) bond motifs is 1. The largest absolute Gasteiger partial charge is 0.480 e. The molecule has 1 aromatic heterocycles. The summed E-state index contributed by atoms with van der Waals surface area (Å²) in [4.78, 5) is 33.5. The fraction of sp³-hybridized carbons (Fsp3) is 0.267. The van der Waals surface area contributed by atoms with Gasteiger partial charge in [0.2, 0.25) is 11.8 Å². The average Bonchev–Trinajstić information content (AvgIpc) is 2.87. The summed E-state index contributed by atoms with van der Waals surface area (Å²) in [6.07, 6.45) is 1.82. The van der Waals surface area contributed by atoms with Crippen molar-refractivity contribution in [2.75, 3.05) is 13.1 Å². The van der Waals surface area contributed by atoms with Crippen LogP contribution in [-0.4, -0.2) is 40.5 Å². The van der Waals surface area contributed by atoms with Gasteiger partial charge in [-0.25, -0.2) is 0 Å². The maximum absolute atomic E-state index is 11.9. The van der Waals surface area contributed by atoms with Crippen molar-refractivity contribution < 1.29 is 19.5 Å². The van der Waals surface area contributed by atoms with Crippen LogP contribution in [0.5, 0.6) is 0 Å². The summed E-state index contributed by atoms with van der Waals surface area (Å²) in [5, 5.41) is 14.1. The number of carboxylic acid groups (broad SMARTS) is 1. The number of carboxylic acids is 1. The smallest absolute Gasteiger partial charge is 0.322 e. The number of hydrogen-bond acceptors (Lipinski definition) is 3. The molecule has 1 aromatic carbocycles. The van der Waals surface area contributed by atoms with Crippen molar-refractivity contribution >= 4 is 28.7 Å². The van der Waals surface area contributed by atoms with Crippen LogP contribution >= 0.6 is 0 Å². The van der Waals surface area contributed by atoms with Crippen LogP contribution in [0.2, 0.25) is 0 Å². The molecule has 7 heteroatoms. The molecule has 7 nitrogen and oxygen atoms in total. The number of amides is 2. The van der Waals surface area contributed by atoms with Crippen molar-refractivity contribution in [1.29, 1.82) is 0 Å². The van der Waals surface area contributed by atoms with E-state index >= 15 is 0 Å². The number of aliphatic carboxylic acids is 1. The van der Waals surface area contributed by atoms with Gasteiger partial charge >= 0.3 is 5.97 Å². The zero-order valence-corrected chi connectivity index (χ0v) is 12.1. The van der Waals surface area contributed by atoms with E-state index in [1.807, 2.05) is 37.4 Å². The average molecular weight is 303 g/mol. The van der Waals surface area contributed by atoms with Gasteiger partial charge in [0.25, 0.3) is 0 Å². The van der Waals surface area contributed by atoms with Crippen molar-refractivity contribution in [1.82, 2.24) is 15.2 Å². The molecule has 3 N–H and O–H groups in total. The van der Waals surface area contributed by atoms with E-state index in [1.54, 1.807) is 4.57 Å². The highest BCUT2D eigenvalue weighted by Crippen LogP contribution is 2.19. The monoisotopic (exact) mass is 303 g/mol. The molecule has 2 aromatic rings. The Hall–Kier alpha value is -2.83. The van der Waals surface area contributed by atoms with E-state index < -0.39 is 18.4 Å². The molecule has 0 aliphatic carbocycles. The first kappa shape index (κ1) is 15.6. The van der Waals surface area contributed by atoms with Crippen molar-refractivity contribution in [2.24, 2.45) is 0 Å². The molecule has 0 atom stereocenters. The molecule has 0 aliphatic heterocycles. The summed E-state index contributed by atoms with van der Waals surface area (Å²) >= 11 is 0. The summed E-state index contributed by atoms with van der Waals surface area (Å²) < 4.78 is 1.80. The Morgan fingerprint density at radius 1 is 1.09 bits per heavy atom. The van der Waals surface area contributed by atoms with Crippen molar-refractivity contribution in [3.05, 3.63) is 36.0 Å². The van der Waals surface area contributed by atoms with Crippen molar-refractivity contribution in [3.8, 4) is 0 Å². The Morgan fingerprint density at radius 2 is 1.82 bits per heavy atom. The molecular weight excluding hydrogens is 286 g/mol. The molecule has 0 saturated heterocycles.